The quantitative estimate of drug-likeness (QED) is 0.677. The van der Waals surface area contributed by atoms with Gasteiger partial charge in [-0.25, -0.2) is 4.39 Å². The number of carbonyl (C=O) groups excluding carboxylic acids is 1. The molecule has 1 atom stereocenters. The first-order valence-corrected chi connectivity index (χ1v) is 8.44. The van der Waals surface area contributed by atoms with E-state index in [1.807, 2.05) is 0 Å². The Hall–Kier alpha value is -3.22. The van der Waals surface area contributed by atoms with Gasteiger partial charge >= 0.3 is 0 Å². The fraction of sp³-hybridized carbons (Fsp3) is 0.211. The molecule has 7 heteroatoms. The van der Waals surface area contributed by atoms with Gasteiger partial charge in [-0.1, -0.05) is 12.1 Å². The Morgan fingerprint density at radius 1 is 1.23 bits per heavy atom. The number of hydrogen-bond donors (Lipinski definition) is 3. The number of carbonyl (C=O) groups is 1. The summed E-state index contributed by atoms with van der Waals surface area (Å²) in [4.78, 5) is 27.1. The van der Waals surface area contributed by atoms with Crippen molar-refractivity contribution in [3.8, 4) is 11.3 Å². The maximum atomic E-state index is 14.1. The molecule has 3 aromatic rings. The number of hydrogen-bond acceptors (Lipinski definition) is 3. The summed E-state index contributed by atoms with van der Waals surface area (Å²) in [5, 5.41) is 9.60. The summed E-state index contributed by atoms with van der Waals surface area (Å²) in [5.41, 5.74) is 2.55. The van der Waals surface area contributed by atoms with Crippen LogP contribution in [0.4, 0.5) is 4.39 Å². The van der Waals surface area contributed by atoms with Gasteiger partial charge in [-0.2, -0.15) is 5.10 Å². The van der Waals surface area contributed by atoms with Crippen LogP contribution < -0.4 is 10.9 Å². The first kappa shape index (κ1) is 16.3. The number of aromatic amines is 2. The van der Waals surface area contributed by atoms with Crippen molar-refractivity contribution in [1.29, 1.82) is 0 Å². The molecule has 0 fully saturated rings. The van der Waals surface area contributed by atoms with Gasteiger partial charge in [0.1, 0.15) is 5.82 Å². The van der Waals surface area contributed by atoms with Gasteiger partial charge in [0, 0.05) is 17.3 Å². The van der Waals surface area contributed by atoms with Crippen LogP contribution in [-0.2, 0) is 6.42 Å². The molecule has 132 valence electrons. The molecule has 0 spiro atoms. The van der Waals surface area contributed by atoms with Crippen LogP contribution in [0.5, 0.6) is 0 Å². The number of nitrogens with one attached hydrogen (secondary N) is 3. The molecule has 0 saturated carbocycles. The monoisotopic (exact) mass is 352 g/mol. The molecule has 0 bridgehead atoms. The zero-order valence-corrected chi connectivity index (χ0v) is 13.9. The molecular formula is C19H17FN4O2. The number of nitrogens with zero attached hydrogens (tertiary/aromatic N) is 1. The van der Waals surface area contributed by atoms with Gasteiger partial charge in [0.15, 0.2) is 0 Å². The second kappa shape index (κ2) is 6.59. The molecule has 6 nitrogen and oxygen atoms in total. The molecule has 0 saturated heterocycles. The highest BCUT2D eigenvalue weighted by Gasteiger charge is 2.25. The predicted molar refractivity (Wildman–Crippen MR) is 94.2 cm³/mol. The maximum Gasteiger partial charge on any atom is 0.255 e. The second-order valence-corrected chi connectivity index (χ2v) is 6.31. The van der Waals surface area contributed by atoms with Crippen molar-refractivity contribution in [2.45, 2.75) is 25.3 Å². The van der Waals surface area contributed by atoms with E-state index in [2.05, 4.69) is 20.5 Å². The number of amides is 1. The molecule has 4 rings (SSSR count). The normalized spacial score (nSPS) is 16.1. The van der Waals surface area contributed by atoms with Crippen LogP contribution in [0.2, 0.25) is 0 Å². The van der Waals surface area contributed by atoms with Gasteiger partial charge in [0.2, 0.25) is 5.56 Å². The standard InChI is InChI=1S/C19H17FN4O2/c20-14-5-2-1-4-11(14)18-13(10-21-24-18)19(26)23-16-7-3-6-15-12(16)8-9-17(25)22-15/h1-2,4-5,8-10,16H,3,6-7H2,(H,21,24)(H,22,25)(H,23,26). The summed E-state index contributed by atoms with van der Waals surface area (Å²) in [7, 11) is 0. The third-order valence-electron chi connectivity index (χ3n) is 4.66. The Morgan fingerprint density at radius 3 is 2.92 bits per heavy atom. The molecule has 2 aromatic heterocycles. The number of pyridine rings is 1. The summed E-state index contributed by atoms with van der Waals surface area (Å²) in [6, 6.07) is 9.25. The van der Waals surface area contributed by atoms with E-state index in [0.717, 1.165) is 30.5 Å². The first-order chi connectivity index (χ1) is 12.6. The van der Waals surface area contributed by atoms with Crippen LogP contribution in [0.15, 0.2) is 47.4 Å². The molecule has 0 radical (unpaired) electrons. The van der Waals surface area contributed by atoms with E-state index in [1.54, 1.807) is 24.3 Å². The highest BCUT2D eigenvalue weighted by molar-refractivity contribution is 6.00. The van der Waals surface area contributed by atoms with Crippen molar-refractivity contribution in [2.24, 2.45) is 0 Å². The topological polar surface area (TPSA) is 90.6 Å². The van der Waals surface area contributed by atoms with Crippen molar-refractivity contribution < 1.29 is 9.18 Å². The summed E-state index contributed by atoms with van der Waals surface area (Å²) in [6.45, 7) is 0. The SMILES string of the molecule is O=C(NC1CCCc2[nH]c(=O)ccc21)c1cn[nH]c1-c1ccccc1F. The van der Waals surface area contributed by atoms with Crippen molar-refractivity contribution in [3.05, 3.63) is 75.6 Å². The minimum Gasteiger partial charge on any atom is -0.345 e. The van der Waals surface area contributed by atoms with E-state index in [9.17, 15) is 14.0 Å². The summed E-state index contributed by atoms with van der Waals surface area (Å²) < 4.78 is 14.1. The average molecular weight is 352 g/mol. The number of fused-ring (bicyclic) bond motifs is 1. The smallest absolute Gasteiger partial charge is 0.255 e. The fourth-order valence-electron chi connectivity index (χ4n) is 3.41. The van der Waals surface area contributed by atoms with Gasteiger partial charge < -0.3 is 10.3 Å². The summed E-state index contributed by atoms with van der Waals surface area (Å²) >= 11 is 0. The van der Waals surface area contributed by atoms with Gasteiger partial charge in [-0.3, -0.25) is 14.7 Å². The van der Waals surface area contributed by atoms with Crippen molar-refractivity contribution in [3.63, 3.8) is 0 Å². The summed E-state index contributed by atoms with van der Waals surface area (Å²) in [5.74, 6) is -0.757. The number of rotatable bonds is 3. The largest absolute Gasteiger partial charge is 0.345 e. The lowest BCUT2D eigenvalue weighted by molar-refractivity contribution is 0.0933. The molecule has 1 aliphatic carbocycles. The van der Waals surface area contributed by atoms with Crippen LogP contribution in [-0.4, -0.2) is 21.1 Å². The summed E-state index contributed by atoms with van der Waals surface area (Å²) in [6.07, 6.45) is 3.82. The van der Waals surface area contributed by atoms with Crippen molar-refractivity contribution >= 4 is 5.91 Å². The highest BCUT2D eigenvalue weighted by Crippen LogP contribution is 2.29. The Morgan fingerprint density at radius 2 is 2.08 bits per heavy atom. The van der Waals surface area contributed by atoms with Crippen LogP contribution in [0.25, 0.3) is 11.3 Å². The van der Waals surface area contributed by atoms with Gasteiger partial charge in [-0.15, -0.1) is 0 Å². The molecule has 0 aliphatic heterocycles. The molecular weight excluding hydrogens is 335 g/mol. The maximum absolute atomic E-state index is 14.1. The van der Waals surface area contributed by atoms with E-state index in [-0.39, 0.29) is 23.1 Å². The Bertz CT molecular complexity index is 1020. The minimum absolute atomic E-state index is 0.146. The van der Waals surface area contributed by atoms with Crippen LogP contribution in [0.1, 0.15) is 40.5 Å². The van der Waals surface area contributed by atoms with E-state index < -0.39 is 5.82 Å². The number of halogens is 1. The van der Waals surface area contributed by atoms with Gasteiger partial charge in [0.25, 0.3) is 5.91 Å². The average Bonchev–Trinajstić information content (AvgIpc) is 3.11. The number of benzene rings is 1. The molecule has 1 amide bonds. The second-order valence-electron chi connectivity index (χ2n) is 6.31. The fourth-order valence-corrected chi connectivity index (χ4v) is 3.41. The Balaban J connectivity index is 1.63. The third-order valence-corrected chi connectivity index (χ3v) is 4.66. The van der Waals surface area contributed by atoms with Gasteiger partial charge in [0.05, 0.1) is 23.5 Å². The zero-order valence-electron chi connectivity index (χ0n) is 13.9. The van der Waals surface area contributed by atoms with Crippen LogP contribution in [0, 0.1) is 5.82 Å². The van der Waals surface area contributed by atoms with Crippen LogP contribution >= 0.6 is 0 Å². The lowest BCUT2D eigenvalue weighted by atomic mass is 9.91. The molecule has 26 heavy (non-hydrogen) atoms. The Kier molecular flexibility index (Phi) is 4.12. The predicted octanol–water partition coefficient (Wildman–Crippen LogP) is 2.71. The number of aromatic nitrogens is 3. The van der Waals surface area contributed by atoms with Gasteiger partial charge in [-0.05, 0) is 43.0 Å². The molecule has 2 heterocycles. The number of aryl methyl sites for hydroxylation is 1. The van der Waals surface area contributed by atoms with E-state index in [0.29, 0.717) is 11.3 Å². The van der Waals surface area contributed by atoms with E-state index in [4.69, 9.17) is 0 Å². The lowest BCUT2D eigenvalue weighted by Gasteiger charge is -2.25. The lowest BCUT2D eigenvalue weighted by Crippen LogP contribution is -2.32. The molecule has 1 aromatic carbocycles. The first-order valence-electron chi connectivity index (χ1n) is 8.44. The molecule has 3 N–H and O–H groups in total. The third kappa shape index (κ3) is 2.92. The Labute approximate surface area is 148 Å². The van der Waals surface area contributed by atoms with E-state index >= 15 is 0 Å². The minimum atomic E-state index is -0.425. The molecule has 1 unspecified atom stereocenters. The molecule has 1 aliphatic rings. The van der Waals surface area contributed by atoms with Crippen molar-refractivity contribution in [1.82, 2.24) is 20.5 Å². The highest BCUT2D eigenvalue weighted by atomic mass is 19.1. The number of H-pyrrole nitrogens is 2. The van der Waals surface area contributed by atoms with Crippen molar-refractivity contribution in [2.75, 3.05) is 0 Å². The van der Waals surface area contributed by atoms with Crippen LogP contribution in [0.3, 0.4) is 0 Å². The zero-order chi connectivity index (χ0) is 18.1. The van der Waals surface area contributed by atoms with E-state index in [1.165, 1.54) is 18.3 Å².